The number of rotatable bonds is 3. The van der Waals surface area contributed by atoms with Gasteiger partial charge in [-0.2, -0.15) is 0 Å². The molecule has 0 saturated heterocycles. The SMILES string of the molecule is COc1cccc(C=N[N-]C(N)=[OH+])c1[OH2+].[Pd+2]. The molecule has 0 bridgehead atoms. The molecule has 1 aromatic carbocycles. The van der Waals surface area contributed by atoms with E-state index >= 15 is 0 Å². The van der Waals surface area contributed by atoms with E-state index in [0.29, 0.717) is 11.3 Å². The molecule has 5 N–H and O–H groups in total. The van der Waals surface area contributed by atoms with Crippen LogP contribution >= 0.6 is 0 Å². The number of para-hydroxylation sites is 1. The summed E-state index contributed by atoms with van der Waals surface area (Å²) in [5, 5.41) is 11.2. The zero-order valence-electron chi connectivity index (χ0n) is 8.45. The zero-order valence-corrected chi connectivity index (χ0v) is 10.0. The quantitative estimate of drug-likeness (QED) is 0.367. The summed E-state index contributed by atoms with van der Waals surface area (Å²) in [6.07, 6.45) is 1.31. The van der Waals surface area contributed by atoms with Gasteiger partial charge in [-0.1, -0.05) is 6.07 Å². The molecule has 0 fully saturated rings. The number of hydrogen-bond acceptors (Lipinski definition) is 2. The number of methoxy groups -OCH3 is 1. The standard InChI is InChI=1S/C9H11N3O3.Pd/c1-15-7-4-2-3-6(8(7)13)5-11-12-9(10)14;/h2-5H,1H3,(H4,10,11,12,13,14);/q;+2/p+1. The van der Waals surface area contributed by atoms with Gasteiger partial charge in [-0.15, -0.1) is 0 Å². The number of nitrogens with two attached hydrogens (primary N) is 1. The molecule has 0 radical (unpaired) electrons. The van der Waals surface area contributed by atoms with Crippen LogP contribution in [0.3, 0.4) is 0 Å². The Morgan fingerprint density at radius 3 is 2.88 bits per heavy atom. The Kier molecular flexibility index (Phi) is 6.15. The van der Waals surface area contributed by atoms with E-state index in [1.165, 1.54) is 13.3 Å². The molecule has 16 heavy (non-hydrogen) atoms. The third kappa shape index (κ3) is 3.89. The van der Waals surface area contributed by atoms with Gasteiger partial charge in [0.1, 0.15) is 0 Å². The summed E-state index contributed by atoms with van der Waals surface area (Å²) in [7, 11) is 1.48. The van der Waals surface area contributed by atoms with Crippen molar-refractivity contribution < 1.29 is 35.1 Å². The molecule has 0 aromatic heterocycles. The van der Waals surface area contributed by atoms with Crippen LogP contribution in [0.5, 0.6) is 11.5 Å². The molecule has 1 rings (SSSR count). The Labute approximate surface area is 106 Å². The minimum atomic E-state index is -0.624. The number of hydrogen-bond donors (Lipinski definition) is 1. The van der Waals surface area contributed by atoms with Gasteiger partial charge >= 0.3 is 32.2 Å². The second-order valence-electron chi connectivity index (χ2n) is 2.63. The van der Waals surface area contributed by atoms with Gasteiger partial charge in [-0.3, -0.25) is 15.3 Å². The van der Waals surface area contributed by atoms with E-state index in [4.69, 9.17) is 20.4 Å². The van der Waals surface area contributed by atoms with Gasteiger partial charge in [0.05, 0.1) is 12.7 Å². The van der Waals surface area contributed by atoms with E-state index in [-0.39, 0.29) is 26.2 Å². The molecular weight excluding hydrogens is 305 g/mol. The largest absolute Gasteiger partial charge is 2.00 e. The fourth-order valence-electron chi connectivity index (χ4n) is 0.976. The van der Waals surface area contributed by atoms with E-state index < -0.39 is 6.03 Å². The third-order valence-corrected chi connectivity index (χ3v) is 1.64. The second kappa shape index (κ2) is 6.82. The summed E-state index contributed by atoms with van der Waals surface area (Å²) in [6.45, 7) is 0. The van der Waals surface area contributed by atoms with Crippen LogP contribution in [0.4, 0.5) is 0 Å². The van der Waals surface area contributed by atoms with Crippen molar-refractivity contribution in [1.29, 1.82) is 0 Å². The number of primary amides is 1. The van der Waals surface area contributed by atoms with Crippen LogP contribution in [0.2, 0.25) is 0 Å². The molecule has 0 unspecified atom stereocenters. The molecule has 88 valence electrons. The number of carbonyl (C=O) groups excluding carboxylic acids is 1. The fraction of sp³-hybridized carbons (Fsp3) is 0.111. The Hall–Kier alpha value is -1.58. The predicted molar refractivity (Wildman–Crippen MR) is 58.1 cm³/mol. The summed E-state index contributed by atoms with van der Waals surface area (Å²) >= 11 is 0. The number of ether oxygens (including phenoxy) is 1. The molecule has 0 aliphatic rings. The smallest absolute Gasteiger partial charge is 0.590 e. The normalized spacial score (nSPS) is 9.56. The monoisotopic (exact) mass is 316 g/mol. The molecule has 1 aromatic rings. The molecular formula is C9H12N3O3Pd+3. The minimum Gasteiger partial charge on any atom is -0.590 e. The Morgan fingerprint density at radius 2 is 2.31 bits per heavy atom. The molecule has 0 aliphatic heterocycles. The van der Waals surface area contributed by atoms with Crippen molar-refractivity contribution in [3.05, 3.63) is 29.2 Å². The van der Waals surface area contributed by atoms with Gasteiger partial charge in [0.2, 0.25) is 5.75 Å². The number of nitrogens with zero attached hydrogens (tertiary/aromatic N) is 2. The van der Waals surface area contributed by atoms with Gasteiger partial charge in [-0.05, 0) is 12.1 Å². The van der Waals surface area contributed by atoms with E-state index in [1.807, 2.05) is 0 Å². The molecule has 0 heterocycles. The van der Waals surface area contributed by atoms with Crippen molar-refractivity contribution in [1.82, 2.24) is 0 Å². The molecule has 0 atom stereocenters. The maximum atomic E-state index is 8.54. The van der Waals surface area contributed by atoms with Crippen LogP contribution in [0, 0.1) is 0 Å². The van der Waals surface area contributed by atoms with E-state index in [2.05, 4.69) is 10.5 Å². The van der Waals surface area contributed by atoms with Crippen LogP contribution in [0.25, 0.3) is 5.43 Å². The van der Waals surface area contributed by atoms with Crippen LogP contribution in [-0.4, -0.2) is 29.3 Å². The van der Waals surface area contributed by atoms with Crippen LogP contribution in [-0.2, 0) is 20.4 Å². The minimum absolute atomic E-state index is 0. The Morgan fingerprint density at radius 1 is 1.62 bits per heavy atom. The van der Waals surface area contributed by atoms with Gasteiger partial charge in [0, 0.05) is 6.21 Å². The van der Waals surface area contributed by atoms with Crippen LogP contribution < -0.4 is 10.5 Å². The van der Waals surface area contributed by atoms with Gasteiger partial charge in [0.15, 0.2) is 0 Å². The Balaban J connectivity index is 0.00000225. The van der Waals surface area contributed by atoms with Crippen molar-refractivity contribution in [3.63, 3.8) is 0 Å². The van der Waals surface area contributed by atoms with E-state index in [0.717, 1.165) is 0 Å². The topological polar surface area (TPSA) is 106 Å². The Bertz CT molecular complexity index is 396. The summed E-state index contributed by atoms with van der Waals surface area (Å²) < 4.78 is 4.95. The van der Waals surface area contributed by atoms with Crippen molar-refractivity contribution in [2.24, 2.45) is 10.8 Å². The first-order chi connectivity index (χ1) is 7.15. The number of urea groups is 1. The van der Waals surface area contributed by atoms with Gasteiger partial charge < -0.3 is 15.6 Å². The summed E-state index contributed by atoms with van der Waals surface area (Å²) in [4.78, 5) is 8.54. The van der Waals surface area contributed by atoms with E-state index in [1.54, 1.807) is 18.2 Å². The second-order valence-corrected chi connectivity index (χ2v) is 2.63. The maximum Gasteiger partial charge on any atom is 2.00 e. The average molecular weight is 317 g/mol. The van der Waals surface area contributed by atoms with E-state index in [9.17, 15) is 0 Å². The number of benzene rings is 1. The zero-order chi connectivity index (χ0) is 11.3. The van der Waals surface area contributed by atoms with Crippen molar-refractivity contribution in [2.75, 3.05) is 7.11 Å². The first kappa shape index (κ1) is 14.4. The molecule has 2 amide bonds. The molecule has 0 aliphatic carbocycles. The molecule has 7 heteroatoms. The first-order valence-corrected chi connectivity index (χ1v) is 4.09. The number of amides is 2. The summed E-state index contributed by atoms with van der Waals surface area (Å²) in [5.74, 6) is 0.648. The predicted octanol–water partition coefficient (Wildman–Crippen LogP) is 0.257. The van der Waals surface area contributed by atoms with Crippen molar-refractivity contribution >= 4 is 12.2 Å². The first-order valence-electron chi connectivity index (χ1n) is 4.09. The average Bonchev–Trinajstić information content (AvgIpc) is 2.20. The third-order valence-electron chi connectivity index (χ3n) is 1.64. The maximum absolute atomic E-state index is 8.54. The van der Waals surface area contributed by atoms with Crippen molar-refractivity contribution in [3.8, 4) is 11.5 Å². The van der Waals surface area contributed by atoms with Crippen LogP contribution in [0.1, 0.15) is 5.56 Å². The van der Waals surface area contributed by atoms with Crippen molar-refractivity contribution in [2.45, 2.75) is 0 Å². The fourth-order valence-corrected chi connectivity index (χ4v) is 0.976. The molecule has 0 spiro atoms. The van der Waals surface area contributed by atoms with Gasteiger partial charge in [0.25, 0.3) is 0 Å². The summed E-state index contributed by atoms with van der Waals surface area (Å²) in [5.41, 5.74) is 8.61. The molecule has 0 saturated carbocycles. The molecule has 6 nitrogen and oxygen atoms in total. The van der Waals surface area contributed by atoms with Crippen LogP contribution in [0.15, 0.2) is 23.3 Å². The summed E-state index contributed by atoms with van der Waals surface area (Å²) in [6, 6.07) is 4.45. The van der Waals surface area contributed by atoms with Gasteiger partial charge in [-0.25, -0.2) is 0 Å².